The fourth-order valence-electron chi connectivity index (χ4n) is 5.87. The molecule has 3 N–H and O–H groups in total. The minimum absolute atomic E-state index is 0.0158. The maximum atomic E-state index is 13.0. The van der Waals surface area contributed by atoms with E-state index in [9.17, 15) is 14.7 Å². The Morgan fingerprint density at radius 2 is 1.91 bits per heavy atom. The molecule has 4 saturated carbocycles. The summed E-state index contributed by atoms with van der Waals surface area (Å²) in [6, 6.07) is -0.391. The van der Waals surface area contributed by atoms with Gasteiger partial charge in [-0.05, 0) is 69.6 Å². The summed E-state index contributed by atoms with van der Waals surface area (Å²) in [5.74, 6) is 0.941. The first-order chi connectivity index (χ1) is 10.5. The van der Waals surface area contributed by atoms with Gasteiger partial charge >= 0.3 is 0 Å². The summed E-state index contributed by atoms with van der Waals surface area (Å²) in [6.45, 7) is 0.709. The van der Waals surface area contributed by atoms with E-state index in [-0.39, 0.29) is 11.8 Å². The molecule has 1 heterocycles. The van der Waals surface area contributed by atoms with Crippen molar-refractivity contribution in [2.75, 3.05) is 6.54 Å². The minimum Gasteiger partial charge on any atom is -0.390 e. The van der Waals surface area contributed by atoms with Crippen molar-refractivity contribution >= 4 is 11.8 Å². The van der Waals surface area contributed by atoms with Crippen LogP contribution in [0.15, 0.2) is 0 Å². The normalized spacial score (nSPS) is 47.0. The van der Waals surface area contributed by atoms with Gasteiger partial charge in [0.25, 0.3) is 0 Å². The number of amides is 2. The number of hydrogen-bond acceptors (Lipinski definition) is 3. The molecule has 3 unspecified atom stereocenters. The largest absolute Gasteiger partial charge is 0.390 e. The van der Waals surface area contributed by atoms with Crippen molar-refractivity contribution in [3.05, 3.63) is 0 Å². The molecule has 1 saturated heterocycles. The monoisotopic (exact) mass is 306 g/mol. The van der Waals surface area contributed by atoms with Crippen LogP contribution >= 0.6 is 0 Å². The zero-order valence-electron chi connectivity index (χ0n) is 13.1. The standard InChI is InChI=1S/C17H26N2O3/c20-14-13(3-1-2-4-18-14)19-15(21)16-6-11-5-12(7-16)9-17(22,8-11)10-16/h11-13,22H,1-10H2,(H,18,20)(H,19,21). The predicted molar refractivity (Wildman–Crippen MR) is 80.9 cm³/mol. The highest BCUT2D eigenvalue weighted by Crippen LogP contribution is 2.61. The lowest BCUT2D eigenvalue weighted by Gasteiger charge is -2.59. The molecule has 2 amide bonds. The number of hydrogen-bond donors (Lipinski definition) is 3. The molecule has 5 heteroatoms. The lowest BCUT2D eigenvalue weighted by molar-refractivity contribution is -0.178. The number of nitrogens with one attached hydrogen (secondary N) is 2. The highest BCUT2D eigenvalue weighted by atomic mass is 16.3. The summed E-state index contributed by atoms with van der Waals surface area (Å²) < 4.78 is 0. The summed E-state index contributed by atoms with van der Waals surface area (Å²) in [6.07, 6.45) is 7.95. The van der Waals surface area contributed by atoms with Crippen molar-refractivity contribution in [2.45, 2.75) is 69.4 Å². The Bertz CT molecular complexity index is 490. The predicted octanol–water partition coefficient (Wildman–Crippen LogP) is 1.10. The van der Waals surface area contributed by atoms with Gasteiger partial charge in [0.1, 0.15) is 6.04 Å². The summed E-state index contributed by atoms with van der Waals surface area (Å²) in [4.78, 5) is 25.0. The van der Waals surface area contributed by atoms with Gasteiger partial charge in [0.2, 0.25) is 11.8 Å². The smallest absolute Gasteiger partial charge is 0.242 e. The number of carbonyl (C=O) groups is 2. The number of aliphatic hydroxyl groups is 1. The van der Waals surface area contributed by atoms with Crippen molar-refractivity contribution < 1.29 is 14.7 Å². The number of carbonyl (C=O) groups excluding carboxylic acids is 2. The van der Waals surface area contributed by atoms with Gasteiger partial charge in [-0.25, -0.2) is 0 Å². The Morgan fingerprint density at radius 3 is 2.59 bits per heavy atom. The van der Waals surface area contributed by atoms with Gasteiger partial charge < -0.3 is 15.7 Å². The Morgan fingerprint density at radius 1 is 1.18 bits per heavy atom. The van der Waals surface area contributed by atoms with Crippen LogP contribution in [0, 0.1) is 17.3 Å². The first-order valence-electron chi connectivity index (χ1n) is 8.79. The average Bonchev–Trinajstić information content (AvgIpc) is 2.61. The van der Waals surface area contributed by atoms with E-state index in [0.717, 1.165) is 44.9 Å². The maximum Gasteiger partial charge on any atom is 0.242 e. The Kier molecular flexibility index (Phi) is 3.26. The van der Waals surface area contributed by atoms with E-state index in [4.69, 9.17) is 0 Å². The highest BCUT2D eigenvalue weighted by Gasteiger charge is 2.60. The first kappa shape index (κ1) is 14.5. The maximum absolute atomic E-state index is 13.0. The van der Waals surface area contributed by atoms with Crippen LogP contribution in [0.2, 0.25) is 0 Å². The zero-order chi connectivity index (χ0) is 15.4. The molecule has 22 heavy (non-hydrogen) atoms. The molecule has 4 aliphatic carbocycles. The molecule has 5 nitrogen and oxygen atoms in total. The molecular formula is C17H26N2O3. The van der Waals surface area contributed by atoms with Gasteiger partial charge in [-0.15, -0.1) is 0 Å². The van der Waals surface area contributed by atoms with Crippen LogP contribution in [0.4, 0.5) is 0 Å². The fourth-order valence-corrected chi connectivity index (χ4v) is 5.87. The second-order valence-corrected chi connectivity index (χ2v) is 8.28. The van der Waals surface area contributed by atoms with Crippen molar-refractivity contribution in [3.8, 4) is 0 Å². The van der Waals surface area contributed by atoms with Gasteiger partial charge in [0.15, 0.2) is 0 Å². The van der Waals surface area contributed by atoms with Crippen LogP contribution in [-0.4, -0.2) is 35.1 Å². The molecule has 5 aliphatic rings. The van der Waals surface area contributed by atoms with Gasteiger partial charge in [-0.2, -0.15) is 0 Å². The third-order valence-electron chi connectivity index (χ3n) is 6.35. The molecule has 0 aromatic rings. The minimum atomic E-state index is -0.632. The summed E-state index contributed by atoms with van der Waals surface area (Å²) in [7, 11) is 0. The van der Waals surface area contributed by atoms with E-state index >= 15 is 0 Å². The van der Waals surface area contributed by atoms with Gasteiger partial charge in [0.05, 0.1) is 11.0 Å². The fraction of sp³-hybridized carbons (Fsp3) is 0.882. The van der Waals surface area contributed by atoms with Gasteiger partial charge in [0, 0.05) is 6.54 Å². The molecule has 0 aromatic heterocycles. The van der Waals surface area contributed by atoms with Crippen LogP contribution in [0.25, 0.3) is 0 Å². The average molecular weight is 306 g/mol. The van der Waals surface area contributed by atoms with Crippen molar-refractivity contribution in [2.24, 2.45) is 17.3 Å². The van der Waals surface area contributed by atoms with Crippen molar-refractivity contribution in [3.63, 3.8) is 0 Å². The second kappa shape index (κ2) is 4.95. The molecule has 3 atom stereocenters. The van der Waals surface area contributed by atoms with E-state index in [1.807, 2.05) is 0 Å². The summed E-state index contributed by atoms with van der Waals surface area (Å²) in [5.41, 5.74) is -1.06. The lowest BCUT2D eigenvalue weighted by Crippen LogP contribution is -2.62. The Balaban J connectivity index is 1.51. The second-order valence-electron chi connectivity index (χ2n) is 8.28. The summed E-state index contributed by atoms with van der Waals surface area (Å²) in [5, 5.41) is 16.7. The van der Waals surface area contributed by atoms with E-state index in [2.05, 4.69) is 10.6 Å². The highest BCUT2D eigenvalue weighted by molar-refractivity contribution is 5.90. The molecule has 0 radical (unpaired) electrons. The third-order valence-corrected chi connectivity index (χ3v) is 6.35. The molecule has 1 aliphatic heterocycles. The van der Waals surface area contributed by atoms with Gasteiger partial charge in [-0.1, -0.05) is 0 Å². The molecule has 4 bridgehead atoms. The third kappa shape index (κ3) is 2.34. The van der Waals surface area contributed by atoms with E-state index < -0.39 is 17.1 Å². The molecular weight excluding hydrogens is 280 g/mol. The summed E-state index contributed by atoms with van der Waals surface area (Å²) >= 11 is 0. The van der Waals surface area contributed by atoms with Crippen LogP contribution in [0.5, 0.6) is 0 Å². The molecule has 0 aromatic carbocycles. The van der Waals surface area contributed by atoms with Crippen molar-refractivity contribution in [1.29, 1.82) is 0 Å². The SMILES string of the molecule is O=C1NCCCCC1NC(=O)C12CC3CC(CC(O)(C3)C1)C2. The van der Waals surface area contributed by atoms with E-state index in [0.29, 0.717) is 24.8 Å². The van der Waals surface area contributed by atoms with Crippen LogP contribution in [-0.2, 0) is 9.59 Å². The molecule has 122 valence electrons. The van der Waals surface area contributed by atoms with E-state index in [1.165, 1.54) is 6.42 Å². The Hall–Kier alpha value is -1.10. The number of rotatable bonds is 2. The van der Waals surface area contributed by atoms with Crippen molar-refractivity contribution in [1.82, 2.24) is 10.6 Å². The van der Waals surface area contributed by atoms with Crippen LogP contribution in [0.3, 0.4) is 0 Å². The van der Waals surface area contributed by atoms with Gasteiger partial charge in [-0.3, -0.25) is 9.59 Å². The zero-order valence-corrected chi connectivity index (χ0v) is 13.1. The van der Waals surface area contributed by atoms with Crippen LogP contribution in [0.1, 0.15) is 57.8 Å². The molecule has 5 rings (SSSR count). The lowest BCUT2D eigenvalue weighted by atomic mass is 9.47. The first-order valence-corrected chi connectivity index (χ1v) is 8.79. The quantitative estimate of drug-likeness (QED) is 0.715. The molecule has 5 fully saturated rings. The molecule has 0 spiro atoms. The Labute approximate surface area is 131 Å². The van der Waals surface area contributed by atoms with E-state index in [1.54, 1.807) is 0 Å². The topological polar surface area (TPSA) is 78.4 Å². The van der Waals surface area contributed by atoms with Crippen LogP contribution < -0.4 is 10.6 Å².